The molecule has 2 aromatic rings. The molecule has 2 heterocycles. The molecule has 3 N–H and O–H groups in total. The summed E-state index contributed by atoms with van der Waals surface area (Å²) in [5.41, 5.74) is 1.27. The van der Waals surface area contributed by atoms with Crippen molar-refractivity contribution >= 4 is 26.9 Å². The molecule has 0 unspecified atom stereocenters. The van der Waals surface area contributed by atoms with E-state index in [0.29, 0.717) is 41.2 Å². The molecule has 1 aliphatic rings. The van der Waals surface area contributed by atoms with Gasteiger partial charge in [0.1, 0.15) is 18.0 Å². The quantitative estimate of drug-likeness (QED) is 0.835. The van der Waals surface area contributed by atoms with E-state index >= 15 is 0 Å². The van der Waals surface area contributed by atoms with Crippen LogP contribution in [0, 0.1) is 18.7 Å². The van der Waals surface area contributed by atoms with Crippen LogP contribution < -0.4 is 14.8 Å². The van der Waals surface area contributed by atoms with Gasteiger partial charge < -0.3 is 4.90 Å². The van der Waals surface area contributed by atoms with Crippen molar-refractivity contribution in [2.45, 2.75) is 13.3 Å². The highest BCUT2D eigenvalue weighted by molar-refractivity contribution is 7.87. The summed E-state index contributed by atoms with van der Waals surface area (Å²) in [6.45, 7) is 3.51. The molecule has 0 radical (unpaired) electrons. The van der Waals surface area contributed by atoms with Gasteiger partial charge in [-0.2, -0.15) is 8.42 Å². The average molecular weight is 339 g/mol. The van der Waals surface area contributed by atoms with E-state index in [1.54, 1.807) is 13.0 Å². The zero-order chi connectivity index (χ0) is 16.6. The summed E-state index contributed by atoms with van der Waals surface area (Å²) in [5, 5.41) is 5.58. The molecule has 1 aromatic heterocycles. The fourth-order valence-corrected chi connectivity index (χ4v) is 3.15. The highest BCUT2D eigenvalue weighted by Crippen LogP contribution is 2.31. The van der Waals surface area contributed by atoms with E-state index in [0.717, 1.165) is 13.1 Å². The molecular weight excluding hydrogens is 321 g/mol. The summed E-state index contributed by atoms with van der Waals surface area (Å²) in [7, 11) is -3.63. The third-order valence-corrected chi connectivity index (χ3v) is 4.61. The van der Waals surface area contributed by atoms with Gasteiger partial charge in [-0.25, -0.2) is 24.2 Å². The number of nitrogens with two attached hydrogens (primary N) is 1. The topological polar surface area (TPSA) is 101 Å². The molecular formula is C14H18FN5O2S. The Balaban J connectivity index is 1.68. The lowest BCUT2D eigenvalue weighted by atomic mass is 9.96. The van der Waals surface area contributed by atoms with Crippen LogP contribution in [0.1, 0.15) is 12.0 Å². The van der Waals surface area contributed by atoms with Crippen molar-refractivity contribution in [3.05, 3.63) is 29.8 Å². The molecule has 23 heavy (non-hydrogen) atoms. The maximum absolute atomic E-state index is 13.8. The van der Waals surface area contributed by atoms with Gasteiger partial charge in [-0.05, 0) is 37.0 Å². The summed E-state index contributed by atoms with van der Waals surface area (Å²) in [6.07, 6.45) is 2.17. The molecule has 0 saturated carbocycles. The number of aromatic nitrogens is 2. The predicted molar refractivity (Wildman–Crippen MR) is 85.7 cm³/mol. The SMILES string of the molecule is Cc1cc2ncnc(N3CC(CCNS(N)(=O)=O)C3)c2cc1F. The Morgan fingerprint density at radius 3 is 2.83 bits per heavy atom. The van der Waals surface area contributed by atoms with Crippen LogP contribution in [0.2, 0.25) is 0 Å². The Morgan fingerprint density at radius 1 is 1.39 bits per heavy atom. The molecule has 0 aliphatic carbocycles. The number of aryl methyl sites for hydroxylation is 1. The van der Waals surface area contributed by atoms with Crippen molar-refractivity contribution in [3.8, 4) is 0 Å². The Morgan fingerprint density at radius 2 is 2.13 bits per heavy atom. The zero-order valence-corrected chi connectivity index (χ0v) is 13.5. The van der Waals surface area contributed by atoms with Crippen molar-refractivity contribution in [2.75, 3.05) is 24.5 Å². The van der Waals surface area contributed by atoms with Crippen LogP contribution in [-0.4, -0.2) is 38.0 Å². The molecule has 1 aromatic carbocycles. The van der Waals surface area contributed by atoms with Gasteiger partial charge in [0.2, 0.25) is 0 Å². The standard InChI is InChI=1S/C14H18FN5O2S/c1-9-4-13-11(5-12(9)15)14(18-8-17-13)20-6-10(7-20)2-3-19-23(16,21)22/h4-5,8,10,19H,2-3,6-7H2,1H3,(H2,16,21,22). The third kappa shape index (κ3) is 3.57. The molecule has 0 spiro atoms. The number of hydrogen-bond acceptors (Lipinski definition) is 5. The van der Waals surface area contributed by atoms with Gasteiger partial charge in [0.05, 0.1) is 5.52 Å². The van der Waals surface area contributed by atoms with Crippen LogP contribution in [-0.2, 0) is 10.2 Å². The fraction of sp³-hybridized carbons (Fsp3) is 0.429. The maximum Gasteiger partial charge on any atom is 0.274 e. The molecule has 1 fully saturated rings. The first-order chi connectivity index (χ1) is 10.8. The van der Waals surface area contributed by atoms with Crippen molar-refractivity contribution in [1.29, 1.82) is 0 Å². The normalized spacial score (nSPS) is 15.9. The lowest BCUT2D eigenvalue weighted by Gasteiger charge is -2.40. The van der Waals surface area contributed by atoms with Crippen LogP contribution in [0.4, 0.5) is 10.2 Å². The van der Waals surface area contributed by atoms with Crippen molar-refractivity contribution in [3.63, 3.8) is 0 Å². The first-order valence-corrected chi connectivity index (χ1v) is 8.81. The second kappa shape index (κ2) is 5.99. The average Bonchev–Trinajstić information content (AvgIpc) is 2.41. The molecule has 3 rings (SSSR count). The van der Waals surface area contributed by atoms with Crippen LogP contribution in [0.5, 0.6) is 0 Å². The van der Waals surface area contributed by atoms with Crippen molar-refractivity contribution in [2.24, 2.45) is 11.1 Å². The number of nitrogens with zero attached hydrogens (tertiary/aromatic N) is 3. The van der Waals surface area contributed by atoms with E-state index in [-0.39, 0.29) is 5.82 Å². The van der Waals surface area contributed by atoms with Gasteiger partial charge in [0.25, 0.3) is 10.2 Å². The number of anilines is 1. The largest absolute Gasteiger partial charge is 0.355 e. The lowest BCUT2D eigenvalue weighted by Crippen LogP contribution is -2.48. The Bertz CT molecular complexity index is 836. The van der Waals surface area contributed by atoms with Gasteiger partial charge in [0.15, 0.2) is 0 Å². The Labute approximate surface area is 133 Å². The molecule has 0 amide bonds. The zero-order valence-electron chi connectivity index (χ0n) is 12.7. The van der Waals surface area contributed by atoms with Crippen molar-refractivity contribution in [1.82, 2.24) is 14.7 Å². The smallest absolute Gasteiger partial charge is 0.274 e. The lowest BCUT2D eigenvalue weighted by molar-refractivity contribution is 0.382. The number of rotatable bonds is 5. The van der Waals surface area contributed by atoms with E-state index in [1.165, 1.54) is 12.4 Å². The summed E-state index contributed by atoms with van der Waals surface area (Å²) in [5.74, 6) is 0.789. The number of fused-ring (bicyclic) bond motifs is 1. The summed E-state index contributed by atoms with van der Waals surface area (Å²) < 4.78 is 37.7. The van der Waals surface area contributed by atoms with E-state index < -0.39 is 10.2 Å². The summed E-state index contributed by atoms with van der Waals surface area (Å²) in [6, 6.07) is 3.18. The van der Waals surface area contributed by atoms with Crippen LogP contribution in [0.15, 0.2) is 18.5 Å². The highest BCUT2D eigenvalue weighted by atomic mass is 32.2. The van der Waals surface area contributed by atoms with E-state index in [2.05, 4.69) is 14.7 Å². The first-order valence-electron chi connectivity index (χ1n) is 7.26. The second-order valence-corrected chi connectivity index (χ2v) is 7.19. The van der Waals surface area contributed by atoms with Gasteiger partial charge in [-0.15, -0.1) is 0 Å². The molecule has 7 nitrogen and oxygen atoms in total. The number of hydrogen-bond donors (Lipinski definition) is 2. The predicted octanol–water partition coefficient (Wildman–Crippen LogP) is 0.697. The Kier molecular flexibility index (Phi) is 4.17. The molecule has 9 heteroatoms. The second-order valence-electron chi connectivity index (χ2n) is 5.81. The number of benzene rings is 1. The summed E-state index contributed by atoms with van der Waals surface area (Å²) >= 11 is 0. The summed E-state index contributed by atoms with van der Waals surface area (Å²) in [4.78, 5) is 10.5. The Hall–Kier alpha value is -1.84. The van der Waals surface area contributed by atoms with Crippen LogP contribution in [0.25, 0.3) is 10.9 Å². The molecule has 124 valence electrons. The van der Waals surface area contributed by atoms with Gasteiger partial charge in [-0.1, -0.05) is 0 Å². The minimum Gasteiger partial charge on any atom is -0.355 e. The maximum atomic E-state index is 13.8. The van der Waals surface area contributed by atoms with Gasteiger partial charge in [-0.3, -0.25) is 0 Å². The number of halogens is 1. The first kappa shape index (κ1) is 16.0. The molecule has 1 aliphatic heterocycles. The molecule has 1 saturated heterocycles. The fourth-order valence-electron chi connectivity index (χ4n) is 2.75. The van der Waals surface area contributed by atoms with Crippen molar-refractivity contribution < 1.29 is 12.8 Å². The monoisotopic (exact) mass is 339 g/mol. The van der Waals surface area contributed by atoms with Crippen LogP contribution in [0.3, 0.4) is 0 Å². The minimum atomic E-state index is -3.63. The van der Waals surface area contributed by atoms with E-state index in [1.807, 2.05) is 4.90 Å². The van der Waals surface area contributed by atoms with Gasteiger partial charge in [0, 0.05) is 25.0 Å². The third-order valence-electron chi connectivity index (χ3n) is 4.01. The van der Waals surface area contributed by atoms with E-state index in [9.17, 15) is 12.8 Å². The van der Waals surface area contributed by atoms with E-state index in [4.69, 9.17) is 5.14 Å². The number of nitrogens with one attached hydrogen (secondary N) is 1. The molecule has 0 atom stereocenters. The molecule has 0 bridgehead atoms. The van der Waals surface area contributed by atoms with Crippen LogP contribution >= 0.6 is 0 Å². The highest BCUT2D eigenvalue weighted by Gasteiger charge is 2.29. The minimum absolute atomic E-state index is 0.275. The van der Waals surface area contributed by atoms with Gasteiger partial charge >= 0.3 is 0 Å².